The lowest BCUT2D eigenvalue weighted by molar-refractivity contribution is -0.138. The van der Waals surface area contributed by atoms with E-state index in [1.54, 1.807) is 25.3 Å². The molecule has 0 bridgehead atoms. The lowest BCUT2D eigenvalue weighted by Gasteiger charge is -2.35. The molecule has 2 fully saturated rings. The second-order valence-electron chi connectivity index (χ2n) is 10.1. The Labute approximate surface area is 205 Å². The van der Waals surface area contributed by atoms with Gasteiger partial charge in [-0.25, -0.2) is 4.39 Å². The monoisotopic (exact) mass is 473 g/mol. The highest BCUT2D eigenvalue weighted by molar-refractivity contribution is 5.89. The van der Waals surface area contributed by atoms with Crippen molar-refractivity contribution in [3.8, 4) is 0 Å². The van der Waals surface area contributed by atoms with Gasteiger partial charge >= 0.3 is 0 Å². The first-order valence-electron chi connectivity index (χ1n) is 12.6. The minimum atomic E-state index is -0.599. The van der Waals surface area contributed by atoms with Crippen LogP contribution in [-0.4, -0.2) is 52.8 Å². The van der Waals surface area contributed by atoms with Crippen LogP contribution < -0.4 is 0 Å². The van der Waals surface area contributed by atoms with E-state index < -0.39 is 5.41 Å². The number of fused-ring (bicyclic) bond motifs is 1. The molecule has 0 N–H and O–H groups in total. The second-order valence-corrected chi connectivity index (χ2v) is 10.1. The summed E-state index contributed by atoms with van der Waals surface area (Å²) in [5, 5.41) is 1.09. The molecule has 182 valence electrons. The molecular weight excluding hydrogens is 441 g/mol. The van der Waals surface area contributed by atoms with Crippen LogP contribution >= 0.6 is 0 Å². The van der Waals surface area contributed by atoms with Gasteiger partial charge in [0.05, 0.1) is 10.9 Å². The number of halogens is 1. The zero-order valence-electron chi connectivity index (χ0n) is 20.3. The van der Waals surface area contributed by atoms with Gasteiger partial charge in [0.2, 0.25) is 11.8 Å². The number of carbonyl (C=O) groups is 2. The molecule has 1 aliphatic heterocycles. The van der Waals surface area contributed by atoms with Crippen LogP contribution in [0.1, 0.15) is 43.7 Å². The lowest BCUT2D eigenvalue weighted by Crippen LogP contribution is -2.48. The average Bonchev–Trinajstić information content (AvgIpc) is 3.26. The minimum Gasteiger partial charge on any atom is -0.341 e. The van der Waals surface area contributed by atoms with Crippen molar-refractivity contribution < 1.29 is 14.0 Å². The molecule has 2 aromatic carbocycles. The zero-order chi connectivity index (χ0) is 24.4. The van der Waals surface area contributed by atoms with E-state index in [1.165, 1.54) is 17.7 Å². The van der Waals surface area contributed by atoms with Gasteiger partial charge in [-0.2, -0.15) is 0 Å². The van der Waals surface area contributed by atoms with Crippen LogP contribution in [0, 0.1) is 11.7 Å². The fraction of sp³-hybridized carbons (Fsp3) is 0.414. The normalized spacial score (nSPS) is 20.1. The highest BCUT2D eigenvalue weighted by Gasteiger charge is 2.45. The highest BCUT2D eigenvalue weighted by Crippen LogP contribution is 2.43. The Kier molecular flexibility index (Phi) is 6.54. The molecule has 0 radical (unpaired) electrons. The topological polar surface area (TPSA) is 53.5 Å². The fourth-order valence-corrected chi connectivity index (χ4v) is 5.97. The van der Waals surface area contributed by atoms with Gasteiger partial charge in [-0.3, -0.25) is 14.6 Å². The number of aromatic nitrogens is 1. The molecule has 1 aliphatic carbocycles. The SMILES string of the molecule is CC(=O)N1CCN(C(=O)C2(c3ccc(F)cc3)CCCC2)CC(Cc2ccc3ncccc3c2)C1. The fourth-order valence-electron chi connectivity index (χ4n) is 5.97. The molecule has 1 aromatic heterocycles. The van der Waals surface area contributed by atoms with Gasteiger partial charge in [0.25, 0.3) is 0 Å². The summed E-state index contributed by atoms with van der Waals surface area (Å²) in [6.45, 7) is 3.91. The van der Waals surface area contributed by atoms with E-state index in [1.807, 2.05) is 21.9 Å². The van der Waals surface area contributed by atoms with Crippen LogP contribution in [0.25, 0.3) is 10.9 Å². The molecule has 1 saturated carbocycles. The van der Waals surface area contributed by atoms with Gasteiger partial charge in [-0.1, -0.05) is 37.1 Å². The largest absolute Gasteiger partial charge is 0.341 e. The summed E-state index contributed by atoms with van der Waals surface area (Å²) in [4.78, 5) is 34.7. The van der Waals surface area contributed by atoms with Gasteiger partial charge in [-0.15, -0.1) is 0 Å². The van der Waals surface area contributed by atoms with E-state index in [4.69, 9.17) is 0 Å². The predicted octanol–water partition coefficient (Wildman–Crippen LogP) is 4.74. The number of pyridine rings is 1. The van der Waals surface area contributed by atoms with Crippen molar-refractivity contribution in [2.75, 3.05) is 26.2 Å². The molecule has 2 amide bonds. The third-order valence-electron chi connectivity index (χ3n) is 7.78. The van der Waals surface area contributed by atoms with Gasteiger partial charge in [0.1, 0.15) is 5.82 Å². The summed E-state index contributed by atoms with van der Waals surface area (Å²) in [5.41, 5.74) is 2.45. The van der Waals surface area contributed by atoms with E-state index in [9.17, 15) is 14.0 Å². The summed E-state index contributed by atoms with van der Waals surface area (Å²) in [5.74, 6) is 0.0128. The Balaban J connectivity index is 1.42. The maximum Gasteiger partial charge on any atom is 0.233 e. The maximum absolute atomic E-state index is 14.1. The van der Waals surface area contributed by atoms with E-state index in [0.29, 0.717) is 26.2 Å². The Bertz CT molecular complexity index is 1220. The van der Waals surface area contributed by atoms with Gasteiger partial charge < -0.3 is 9.80 Å². The Morgan fingerprint density at radius 1 is 1.00 bits per heavy atom. The predicted molar refractivity (Wildman–Crippen MR) is 134 cm³/mol. The summed E-state index contributed by atoms with van der Waals surface area (Å²) >= 11 is 0. The smallest absolute Gasteiger partial charge is 0.233 e. The summed E-state index contributed by atoms with van der Waals surface area (Å²) in [6.07, 6.45) is 6.12. The summed E-state index contributed by atoms with van der Waals surface area (Å²) in [7, 11) is 0. The molecule has 1 unspecified atom stereocenters. The molecular formula is C29H32FN3O2. The van der Waals surface area contributed by atoms with Crippen molar-refractivity contribution in [1.82, 2.24) is 14.8 Å². The molecule has 1 atom stereocenters. The average molecular weight is 474 g/mol. The van der Waals surface area contributed by atoms with E-state index in [0.717, 1.165) is 48.6 Å². The van der Waals surface area contributed by atoms with E-state index in [-0.39, 0.29) is 23.5 Å². The van der Waals surface area contributed by atoms with Crippen LogP contribution in [0.5, 0.6) is 0 Å². The number of nitrogens with zero attached hydrogens (tertiary/aromatic N) is 3. The first-order chi connectivity index (χ1) is 16.9. The van der Waals surface area contributed by atoms with Crippen molar-refractivity contribution in [2.24, 2.45) is 5.92 Å². The molecule has 0 spiro atoms. The Hall–Kier alpha value is -3.28. The van der Waals surface area contributed by atoms with Crippen LogP contribution in [0.15, 0.2) is 60.8 Å². The quantitative estimate of drug-likeness (QED) is 0.550. The van der Waals surface area contributed by atoms with E-state index >= 15 is 0 Å². The molecule has 5 nitrogen and oxygen atoms in total. The Morgan fingerprint density at radius 3 is 2.46 bits per heavy atom. The van der Waals surface area contributed by atoms with Crippen LogP contribution in [-0.2, 0) is 21.4 Å². The molecule has 2 heterocycles. The highest BCUT2D eigenvalue weighted by atomic mass is 19.1. The number of benzene rings is 2. The van der Waals surface area contributed by atoms with Crippen molar-refractivity contribution in [3.05, 3.63) is 77.7 Å². The van der Waals surface area contributed by atoms with Crippen molar-refractivity contribution in [2.45, 2.75) is 44.4 Å². The molecule has 6 heteroatoms. The third kappa shape index (κ3) is 4.79. The molecule has 1 saturated heterocycles. The van der Waals surface area contributed by atoms with Crippen LogP contribution in [0.4, 0.5) is 4.39 Å². The summed E-state index contributed by atoms with van der Waals surface area (Å²) in [6, 6.07) is 16.8. The number of hydrogen-bond donors (Lipinski definition) is 0. The first-order valence-corrected chi connectivity index (χ1v) is 12.6. The third-order valence-corrected chi connectivity index (χ3v) is 7.78. The van der Waals surface area contributed by atoms with Gasteiger partial charge in [0.15, 0.2) is 0 Å². The van der Waals surface area contributed by atoms with Crippen LogP contribution in [0.2, 0.25) is 0 Å². The van der Waals surface area contributed by atoms with Crippen LogP contribution in [0.3, 0.4) is 0 Å². The lowest BCUT2D eigenvalue weighted by atomic mass is 9.77. The number of hydrogen-bond acceptors (Lipinski definition) is 3. The van der Waals surface area contributed by atoms with Crippen molar-refractivity contribution in [3.63, 3.8) is 0 Å². The second kappa shape index (κ2) is 9.76. The standard InChI is InChI=1S/C29H32FN3O2/c1-21(34)32-15-16-33(28(35)29(12-2-3-13-29)25-7-9-26(30)10-8-25)20-23(19-32)17-22-6-11-27-24(18-22)5-4-14-31-27/h4-11,14,18,23H,2-3,12-13,15-17,19-20H2,1H3. The number of carbonyl (C=O) groups excluding carboxylic acids is 2. The molecule has 3 aromatic rings. The Morgan fingerprint density at radius 2 is 1.71 bits per heavy atom. The van der Waals surface area contributed by atoms with Crippen molar-refractivity contribution in [1.29, 1.82) is 0 Å². The maximum atomic E-state index is 14.1. The minimum absolute atomic E-state index is 0.0427. The molecule has 35 heavy (non-hydrogen) atoms. The van der Waals surface area contributed by atoms with Gasteiger partial charge in [0, 0.05) is 44.7 Å². The first kappa shape index (κ1) is 23.5. The van der Waals surface area contributed by atoms with Crippen molar-refractivity contribution >= 4 is 22.7 Å². The molecule has 2 aliphatic rings. The molecule has 5 rings (SSSR count). The zero-order valence-corrected chi connectivity index (χ0v) is 20.3. The summed E-state index contributed by atoms with van der Waals surface area (Å²) < 4.78 is 13.6. The number of rotatable bonds is 4. The number of amides is 2. The van der Waals surface area contributed by atoms with E-state index in [2.05, 4.69) is 23.2 Å². The van der Waals surface area contributed by atoms with Gasteiger partial charge in [-0.05, 0) is 66.6 Å².